The molecular formula is C19H25NO. The number of hydrogen-bond acceptors (Lipinski definition) is 1. The Hall–Kier alpha value is -2.09. The van der Waals surface area contributed by atoms with Crippen LogP contribution in [0.15, 0.2) is 48.5 Å². The van der Waals surface area contributed by atoms with E-state index in [1.807, 2.05) is 76.3 Å². The summed E-state index contributed by atoms with van der Waals surface area (Å²) >= 11 is 0. The number of carbonyl (C=O) groups is 1. The number of rotatable bonds is 3. The van der Waals surface area contributed by atoms with Gasteiger partial charge in [-0.15, -0.1) is 0 Å². The molecule has 21 heavy (non-hydrogen) atoms. The zero-order chi connectivity index (χ0) is 15.8. The summed E-state index contributed by atoms with van der Waals surface area (Å²) in [6, 6.07) is 15.8. The maximum Gasteiger partial charge on any atom is 0.258 e. The van der Waals surface area contributed by atoms with E-state index in [-0.39, 0.29) is 5.91 Å². The van der Waals surface area contributed by atoms with Crippen molar-refractivity contribution in [2.75, 3.05) is 11.9 Å². The van der Waals surface area contributed by atoms with Crippen molar-refractivity contribution in [3.05, 3.63) is 65.2 Å². The van der Waals surface area contributed by atoms with Gasteiger partial charge in [0.05, 0.1) is 0 Å². The standard InChI is InChI=1S/C17H19NO.C2H6/c1-4-14-9-5-6-11-16(14)17(19)18(3)15-10-7-8-13(2)12-15;1-2/h5-12H,4H2,1-3H3;1-2H3. The third-order valence-corrected chi connectivity index (χ3v) is 3.32. The highest BCUT2D eigenvalue weighted by molar-refractivity contribution is 6.06. The first-order valence-electron chi connectivity index (χ1n) is 7.56. The number of hydrogen-bond donors (Lipinski definition) is 0. The molecule has 2 aromatic rings. The second-order valence-corrected chi connectivity index (χ2v) is 4.71. The lowest BCUT2D eigenvalue weighted by Crippen LogP contribution is -2.27. The van der Waals surface area contributed by atoms with Gasteiger partial charge in [-0.05, 0) is 42.7 Å². The molecule has 0 aliphatic carbocycles. The molecular weight excluding hydrogens is 258 g/mol. The minimum atomic E-state index is 0.0445. The van der Waals surface area contributed by atoms with Crippen LogP contribution in [0.1, 0.15) is 42.3 Å². The first-order valence-corrected chi connectivity index (χ1v) is 7.56. The average Bonchev–Trinajstić information content (AvgIpc) is 2.55. The summed E-state index contributed by atoms with van der Waals surface area (Å²) in [5.41, 5.74) is 3.96. The van der Waals surface area contributed by atoms with Gasteiger partial charge >= 0.3 is 0 Å². The van der Waals surface area contributed by atoms with Crippen molar-refractivity contribution in [2.45, 2.75) is 34.1 Å². The van der Waals surface area contributed by atoms with E-state index in [2.05, 4.69) is 6.92 Å². The summed E-state index contributed by atoms with van der Waals surface area (Å²) in [5, 5.41) is 0. The summed E-state index contributed by atoms with van der Waals surface area (Å²) in [4.78, 5) is 14.3. The van der Waals surface area contributed by atoms with Crippen molar-refractivity contribution in [3.63, 3.8) is 0 Å². The molecule has 0 aliphatic rings. The van der Waals surface area contributed by atoms with Crippen LogP contribution in [0.5, 0.6) is 0 Å². The van der Waals surface area contributed by atoms with E-state index in [0.717, 1.165) is 28.8 Å². The Morgan fingerprint density at radius 3 is 2.33 bits per heavy atom. The molecule has 0 aromatic heterocycles. The molecule has 0 bridgehead atoms. The highest BCUT2D eigenvalue weighted by atomic mass is 16.2. The predicted octanol–water partition coefficient (Wildman–Crippen LogP) is 4.86. The normalized spacial score (nSPS) is 9.57. The van der Waals surface area contributed by atoms with E-state index in [0.29, 0.717) is 0 Å². The van der Waals surface area contributed by atoms with Crippen LogP contribution < -0.4 is 4.90 Å². The summed E-state index contributed by atoms with van der Waals surface area (Å²) in [6.45, 7) is 8.10. The largest absolute Gasteiger partial charge is 0.311 e. The lowest BCUT2D eigenvalue weighted by atomic mass is 10.0. The Bertz CT molecular complexity index is 590. The lowest BCUT2D eigenvalue weighted by molar-refractivity contribution is 0.0992. The van der Waals surface area contributed by atoms with Crippen LogP contribution in [0, 0.1) is 6.92 Å². The van der Waals surface area contributed by atoms with Crippen LogP contribution in [-0.4, -0.2) is 13.0 Å². The number of benzene rings is 2. The topological polar surface area (TPSA) is 20.3 Å². The van der Waals surface area contributed by atoms with Crippen molar-refractivity contribution in [1.82, 2.24) is 0 Å². The van der Waals surface area contributed by atoms with Gasteiger partial charge in [-0.3, -0.25) is 4.79 Å². The second kappa shape index (κ2) is 8.25. The molecule has 0 radical (unpaired) electrons. The Kier molecular flexibility index (Phi) is 6.67. The van der Waals surface area contributed by atoms with Crippen LogP contribution in [-0.2, 0) is 6.42 Å². The summed E-state index contributed by atoms with van der Waals surface area (Å²) < 4.78 is 0. The third kappa shape index (κ3) is 4.19. The number of amides is 1. The smallest absolute Gasteiger partial charge is 0.258 e. The molecule has 0 spiro atoms. The van der Waals surface area contributed by atoms with Crippen molar-refractivity contribution >= 4 is 11.6 Å². The fourth-order valence-corrected chi connectivity index (χ4v) is 2.17. The Morgan fingerprint density at radius 1 is 1.05 bits per heavy atom. The van der Waals surface area contributed by atoms with E-state index in [9.17, 15) is 4.79 Å². The number of anilines is 1. The van der Waals surface area contributed by atoms with Gasteiger partial charge < -0.3 is 4.90 Å². The average molecular weight is 283 g/mol. The minimum absolute atomic E-state index is 0.0445. The first-order chi connectivity index (χ1) is 10.1. The van der Waals surface area contributed by atoms with Crippen LogP contribution in [0.2, 0.25) is 0 Å². The molecule has 0 N–H and O–H groups in total. The minimum Gasteiger partial charge on any atom is -0.311 e. The van der Waals surface area contributed by atoms with Gasteiger partial charge in [-0.25, -0.2) is 0 Å². The fourth-order valence-electron chi connectivity index (χ4n) is 2.17. The van der Waals surface area contributed by atoms with Gasteiger partial charge in [0.15, 0.2) is 0 Å². The van der Waals surface area contributed by atoms with Gasteiger partial charge in [0.25, 0.3) is 5.91 Å². The van der Waals surface area contributed by atoms with E-state index >= 15 is 0 Å². The molecule has 112 valence electrons. The third-order valence-electron chi connectivity index (χ3n) is 3.32. The van der Waals surface area contributed by atoms with Gasteiger partial charge in [-0.1, -0.05) is 51.1 Å². The molecule has 2 aromatic carbocycles. The lowest BCUT2D eigenvalue weighted by Gasteiger charge is -2.19. The number of nitrogens with zero attached hydrogens (tertiary/aromatic N) is 1. The molecule has 0 atom stereocenters. The fraction of sp³-hybridized carbons (Fsp3) is 0.316. The molecule has 2 nitrogen and oxygen atoms in total. The maximum atomic E-state index is 12.6. The quantitative estimate of drug-likeness (QED) is 0.787. The van der Waals surface area contributed by atoms with Crippen LogP contribution in [0.4, 0.5) is 5.69 Å². The highest BCUT2D eigenvalue weighted by Crippen LogP contribution is 2.19. The van der Waals surface area contributed by atoms with Crippen LogP contribution >= 0.6 is 0 Å². The zero-order valence-electron chi connectivity index (χ0n) is 13.7. The monoisotopic (exact) mass is 283 g/mol. The van der Waals surface area contributed by atoms with E-state index < -0.39 is 0 Å². The Morgan fingerprint density at radius 2 is 1.71 bits per heavy atom. The molecule has 0 fully saturated rings. The number of aryl methyl sites for hydroxylation is 2. The Labute approximate surface area is 128 Å². The predicted molar refractivity (Wildman–Crippen MR) is 91.1 cm³/mol. The van der Waals surface area contributed by atoms with Gasteiger partial charge in [-0.2, -0.15) is 0 Å². The van der Waals surface area contributed by atoms with Crippen LogP contribution in [0.3, 0.4) is 0 Å². The second-order valence-electron chi connectivity index (χ2n) is 4.71. The van der Waals surface area contributed by atoms with E-state index in [4.69, 9.17) is 0 Å². The summed E-state index contributed by atoms with van der Waals surface area (Å²) in [6.07, 6.45) is 0.865. The van der Waals surface area contributed by atoms with Crippen molar-refractivity contribution < 1.29 is 4.79 Å². The van der Waals surface area contributed by atoms with Crippen molar-refractivity contribution in [1.29, 1.82) is 0 Å². The highest BCUT2D eigenvalue weighted by Gasteiger charge is 2.15. The summed E-state index contributed by atoms with van der Waals surface area (Å²) in [7, 11) is 1.82. The van der Waals surface area contributed by atoms with Crippen molar-refractivity contribution in [2.24, 2.45) is 0 Å². The molecule has 1 amide bonds. The van der Waals surface area contributed by atoms with E-state index in [1.165, 1.54) is 0 Å². The molecule has 2 rings (SSSR count). The van der Waals surface area contributed by atoms with E-state index in [1.54, 1.807) is 4.90 Å². The first kappa shape index (κ1) is 17.0. The number of carbonyl (C=O) groups excluding carboxylic acids is 1. The molecule has 0 saturated heterocycles. The molecule has 0 unspecified atom stereocenters. The van der Waals surface area contributed by atoms with Gasteiger partial charge in [0, 0.05) is 18.3 Å². The van der Waals surface area contributed by atoms with Crippen molar-refractivity contribution in [3.8, 4) is 0 Å². The summed E-state index contributed by atoms with van der Waals surface area (Å²) in [5.74, 6) is 0.0445. The molecule has 0 heterocycles. The van der Waals surface area contributed by atoms with Crippen LogP contribution in [0.25, 0.3) is 0 Å². The van der Waals surface area contributed by atoms with Gasteiger partial charge in [0.1, 0.15) is 0 Å². The molecule has 0 saturated carbocycles. The Balaban J connectivity index is 0.00000106. The maximum absolute atomic E-state index is 12.6. The SMILES string of the molecule is CC.CCc1ccccc1C(=O)N(C)c1cccc(C)c1. The van der Waals surface area contributed by atoms with Gasteiger partial charge in [0.2, 0.25) is 0 Å². The molecule has 0 aliphatic heterocycles. The zero-order valence-corrected chi connectivity index (χ0v) is 13.7. The molecule has 2 heteroatoms.